The molecule has 1 atom stereocenters. The smallest absolute Gasteiger partial charge is 0.408 e. The van der Waals surface area contributed by atoms with Crippen LogP contribution in [0.3, 0.4) is 0 Å². The Morgan fingerprint density at radius 1 is 1.00 bits per heavy atom. The summed E-state index contributed by atoms with van der Waals surface area (Å²) in [7, 11) is -3.69. The number of esters is 1. The standard InChI is InChI=1S/C21H25NO7S/c1-15(2)28-20(23)19(22-21(24)27-14-16-8-5-4-6-9-16)13-17-10-7-11-18(12-17)29-30(3,25)26/h4-12,15,19H,13-14H2,1-3H3,(H,22,24)/t19-/m0/s1. The first-order valence-electron chi connectivity index (χ1n) is 9.28. The fourth-order valence-electron chi connectivity index (χ4n) is 2.55. The average Bonchev–Trinajstić information content (AvgIpc) is 2.65. The Bertz CT molecular complexity index is 958. The van der Waals surface area contributed by atoms with Crippen molar-refractivity contribution in [3.63, 3.8) is 0 Å². The van der Waals surface area contributed by atoms with Gasteiger partial charge in [-0.2, -0.15) is 8.42 Å². The van der Waals surface area contributed by atoms with E-state index in [1.165, 1.54) is 12.1 Å². The zero-order valence-corrected chi connectivity index (χ0v) is 17.8. The second-order valence-electron chi connectivity index (χ2n) is 6.88. The summed E-state index contributed by atoms with van der Waals surface area (Å²) in [5.41, 5.74) is 1.38. The van der Waals surface area contributed by atoms with Gasteiger partial charge in [-0.3, -0.25) is 0 Å². The van der Waals surface area contributed by atoms with Crippen LogP contribution in [-0.2, 0) is 37.4 Å². The Balaban J connectivity index is 2.08. The zero-order valence-electron chi connectivity index (χ0n) is 17.0. The Kier molecular flexibility index (Phi) is 8.23. The zero-order chi connectivity index (χ0) is 22.1. The molecule has 0 heterocycles. The van der Waals surface area contributed by atoms with Crippen LogP contribution in [0.4, 0.5) is 4.79 Å². The first-order valence-corrected chi connectivity index (χ1v) is 11.1. The van der Waals surface area contributed by atoms with E-state index < -0.39 is 28.2 Å². The molecule has 0 aliphatic heterocycles. The van der Waals surface area contributed by atoms with Gasteiger partial charge in [-0.25, -0.2) is 9.59 Å². The molecule has 0 radical (unpaired) electrons. The molecule has 1 N–H and O–H groups in total. The van der Waals surface area contributed by atoms with Crippen molar-refractivity contribution in [2.75, 3.05) is 6.26 Å². The van der Waals surface area contributed by atoms with E-state index >= 15 is 0 Å². The second-order valence-corrected chi connectivity index (χ2v) is 8.46. The molecule has 0 spiro atoms. The normalized spacial score (nSPS) is 12.1. The summed E-state index contributed by atoms with van der Waals surface area (Å²) >= 11 is 0. The summed E-state index contributed by atoms with van der Waals surface area (Å²) < 4.78 is 37.9. The minimum Gasteiger partial charge on any atom is -0.461 e. The molecule has 0 saturated heterocycles. The third kappa shape index (κ3) is 8.52. The molecule has 2 aromatic rings. The van der Waals surface area contributed by atoms with E-state index in [0.717, 1.165) is 11.8 Å². The number of amides is 1. The molecular formula is C21H25NO7S. The van der Waals surface area contributed by atoms with Crippen molar-refractivity contribution in [1.82, 2.24) is 5.32 Å². The molecule has 0 bridgehead atoms. The number of carbonyl (C=O) groups is 2. The molecule has 1 amide bonds. The SMILES string of the molecule is CC(C)OC(=O)[C@H](Cc1cccc(OS(C)(=O)=O)c1)NC(=O)OCc1ccccc1. The van der Waals surface area contributed by atoms with Crippen LogP contribution in [0, 0.1) is 0 Å². The van der Waals surface area contributed by atoms with E-state index in [1.807, 2.05) is 30.3 Å². The predicted molar refractivity (Wildman–Crippen MR) is 110 cm³/mol. The van der Waals surface area contributed by atoms with Crippen LogP contribution in [0.25, 0.3) is 0 Å². The lowest BCUT2D eigenvalue weighted by Crippen LogP contribution is -2.44. The number of carbonyl (C=O) groups excluding carboxylic acids is 2. The Morgan fingerprint density at radius 2 is 1.67 bits per heavy atom. The first-order chi connectivity index (χ1) is 14.1. The third-order valence-corrected chi connectivity index (χ3v) is 4.22. The quantitative estimate of drug-likeness (QED) is 0.477. The summed E-state index contributed by atoms with van der Waals surface area (Å²) in [5.74, 6) is -0.520. The minimum atomic E-state index is -3.69. The fraction of sp³-hybridized carbons (Fsp3) is 0.333. The van der Waals surface area contributed by atoms with Gasteiger partial charge in [0.2, 0.25) is 0 Å². The molecule has 2 aromatic carbocycles. The molecule has 0 aliphatic carbocycles. The van der Waals surface area contributed by atoms with Gasteiger partial charge in [0.1, 0.15) is 18.4 Å². The molecule has 0 unspecified atom stereocenters. The molecule has 0 saturated carbocycles. The molecule has 9 heteroatoms. The fourth-order valence-corrected chi connectivity index (χ4v) is 3.00. The van der Waals surface area contributed by atoms with Crippen molar-refractivity contribution >= 4 is 22.2 Å². The summed E-state index contributed by atoms with van der Waals surface area (Å²) in [6, 6.07) is 14.3. The number of ether oxygens (including phenoxy) is 2. The Hall–Kier alpha value is -3.07. The lowest BCUT2D eigenvalue weighted by molar-refractivity contribution is -0.149. The van der Waals surface area contributed by atoms with E-state index in [2.05, 4.69) is 5.32 Å². The first kappa shape index (κ1) is 23.2. The molecule has 8 nitrogen and oxygen atoms in total. The van der Waals surface area contributed by atoms with E-state index in [-0.39, 0.29) is 24.9 Å². The van der Waals surface area contributed by atoms with Crippen LogP contribution >= 0.6 is 0 Å². The number of hydrogen-bond donors (Lipinski definition) is 1. The van der Waals surface area contributed by atoms with Crippen molar-refractivity contribution in [1.29, 1.82) is 0 Å². The van der Waals surface area contributed by atoms with Crippen LogP contribution in [0.1, 0.15) is 25.0 Å². The van der Waals surface area contributed by atoms with Gasteiger partial charge in [-0.1, -0.05) is 42.5 Å². The molecule has 0 fully saturated rings. The van der Waals surface area contributed by atoms with Crippen molar-refractivity contribution in [3.8, 4) is 5.75 Å². The molecule has 0 aliphatic rings. The number of nitrogens with one attached hydrogen (secondary N) is 1. The van der Waals surface area contributed by atoms with Crippen molar-refractivity contribution < 1.29 is 31.7 Å². The van der Waals surface area contributed by atoms with Gasteiger partial charge in [-0.05, 0) is 37.1 Å². The maximum absolute atomic E-state index is 12.5. The van der Waals surface area contributed by atoms with Crippen LogP contribution in [0.15, 0.2) is 54.6 Å². The molecule has 30 heavy (non-hydrogen) atoms. The topological polar surface area (TPSA) is 108 Å². The van der Waals surface area contributed by atoms with Gasteiger partial charge in [0.15, 0.2) is 0 Å². The van der Waals surface area contributed by atoms with Crippen LogP contribution < -0.4 is 9.50 Å². The highest BCUT2D eigenvalue weighted by molar-refractivity contribution is 7.86. The van der Waals surface area contributed by atoms with Gasteiger partial charge >= 0.3 is 22.2 Å². The third-order valence-electron chi connectivity index (χ3n) is 3.73. The number of benzene rings is 2. The summed E-state index contributed by atoms with van der Waals surface area (Å²) in [4.78, 5) is 24.7. The maximum atomic E-state index is 12.5. The summed E-state index contributed by atoms with van der Waals surface area (Å²) in [6.45, 7) is 3.45. The van der Waals surface area contributed by atoms with Crippen LogP contribution in [0.2, 0.25) is 0 Å². The lowest BCUT2D eigenvalue weighted by atomic mass is 10.1. The molecular weight excluding hydrogens is 410 g/mol. The van der Waals surface area contributed by atoms with Gasteiger partial charge in [0.05, 0.1) is 12.4 Å². The number of hydrogen-bond acceptors (Lipinski definition) is 7. The highest BCUT2D eigenvalue weighted by atomic mass is 32.2. The highest BCUT2D eigenvalue weighted by Gasteiger charge is 2.24. The summed E-state index contributed by atoms with van der Waals surface area (Å²) in [6.07, 6.45) is -0.144. The minimum absolute atomic E-state index is 0.0519. The molecule has 162 valence electrons. The molecule has 0 aromatic heterocycles. The highest BCUT2D eigenvalue weighted by Crippen LogP contribution is 2.17. The van der Waals surface area contributed by atoms with E-state index in [1.54, 1.807) is 26.0 Å². The Morgan fingerprint density at radius 3 is 2.30 bits per heavy atom. The van der Waals surface area contributed by atoms with E-state index in [9.17, 15) is 18.0 Å². The average molecular weight is 435 g/mol. The van der Waals surface area contributed by atoms with Gasteiger partial charge < -0.3 is 19.0 Å². The monoisotopic (exact) mass is 435 g/mol. The lowest BCUT2D eigenvalue weighted by Gasteiger charge is -2.19. The molecule has 2 rings (SSSR count). The summed E-state index contributed by atoms with van der Waals surface area (Å²) in [5, 5.41) is 2.51. The van der Waals surface area contributed by atoms with E-state index in [4.69, 9.17) is 13.7 Å². The number of rotatable bonds is 9. The van der Waals surface area contributed by atoms with Crippen molar-refractivity contribution in [2.45, 2.75) is 39.0 Å². The van der Waals surface area contributed by atoms with Gasteiger partial charge in [0, 0.05) is 6.42 Å². The maximum Gasteiger partial charge on any atom is 0.408 e. The Labute approximate surface area is 176 Å². The number of alkyl carbamates (subject to hydrolysis) is 1. The van der Waals surface area contributed by atoms with E-state index in [0.29, 0.717) is 5.56 Å². The predicted octanol–water partition coefficient (Wildman–Crippen LogP) is 2.81. The largest absolute Gasteiger partial charge is 0.461 e. The van der Waals surface area contributed by atoms with Crippen molar-refractivity contribution in [2.24, 2.45) is 0 Å². The van der Waals surface area contributed by atoms with Gasteiger partial charge in [0.25, 0.3) is 0 Å². The van der Waals surface area contributed by atoms with Crippen LogP contribution in [-0.4, -0.2) is 38.9 Å². The second kappa shape index (κ2) is 10.6. The van der Waals surface area contributed by atoms with Crippen molar-refractivity contribution in [3.05, 3.63) is 65.7 Å². The van der Waals surface area contributed by atoms with Gasteiger partial charge in [-0.15, -0.1) is 0 Å². The van der Waals surface area contributed by atoms with Crippen LogP contribution in [0.5, 0.6) is 5.75 Å².